The van der Waals surface area contributed by atoms with Crippen LogP contribution in [-0.2, 0) is 4.79 Å². The van der Waals surface area contributed by atoms with Crippen molar-refractivity contribution in [2.75, 3.05) is 24.3 Å². The van der Waals surface area contributed by atoms with Crippen LogP contribution in [0, 0.1) is 11.7 Å². The van der Waals surface area contributed by atoms with E-state index >= 15 is 4.39 Å². The van der Waals surface area contributed by atoms with E-state index in [4.69, 9.17) is 11.6 Å². The fourth-order valence-corrected chi connectivity index (χ4v) is 3.79. The number of H-pyrrole nitrogens is 1. The van der Waals surface area contributed by atoms with Crippen molar-refractivity contribution in [1.29, 1.82) is 0 Å². The largest absolute Gasteiger partial charge is 0.373 e. The number of carbonyl (C=O) groups excluding carboxylic acids is 1. The molecule has 3 aromatic heterocycles. The fourth-order valence-electron chi connectivity index (χ4n) is 3.50. The van der Waals surface area contributed by atoms with Gasteiger partial charge in [0.25, 0.3) is 0 Å². The van der Waals surface area contributed by atoms with E-state index in [9.17, 15) is 9.18 Å². The Morgan fingerprint density at radius 2 is 2.17 bits per heavy atom. The SMILES string of the molecule is CN(C)c1c(F)c(Cl)c(-c2ccc3nc(NC(=O)[C@@H]4C[C@@H]4F)cn3n2)c2cn[nH]c12. The summed E-state index contributed by atoms with van der Waals surface area (Å²) in [5, 5.41) is 14.5. The maximum Gasteiger partial charge on any atom is 0.231 e. The number of rotatable bonds is 4. The predicted molar refractivity (Wildman–Crippen MR) is 109 cm³/mol. The van der Waals surface area contributed by atoms with Gasteiger partial charge in [0.05, 0.1) is 34.5 Å². The molecule has 2 N–H and O–H groups in total. The Balaban J connectivity index is 1.59. The zero-order valence-electron chi connectivity index (χ0n) is 15.9. The molecule has 0 saturated heterocycles. The molecule has 3 heterocycles. The number of fused-ring (bicyclic) bond motifs is 2. The Morgan fingerprint density at radius 1 is 1.40 bits per heavy atom. The predicted octanol–water partition coefficient (Wildman–Crippen LogP) is 3.43. The Morgan fingerprint density at radius 3 is 2.87 bits per heavy atom. The van der Waals surface area contributed by atoms with Crippen molar-refractivity contribution >= 4 is 45.6 Å². The number of nitrogens with one attached hydrogen (secondary N) is 2. The average molecular weight is 432 g/mol. The molecule has 2 atom stereocenters. The maximum atomic E-state index is 15.0. The Hall–Kier alpha value is -3.27. The normalized spacial score (nSPS) is 18.2. The lowest BCUT2D eigenvalue weighted by atomic mass is 10.0. The smallest absolute Gasteiger partial charge is 0.231 e. The third-order valence-corrected chi connectivity index (χ3v) is 5.44. The Kier molecular flexibility index (Phi) is 4.14. The highest BCUT2D eigenvalue weighted by atomic mass is 35.5. The van der Waals surface area contributed by atoms with E-state index in [0.29, 0.717) is 33.5 Å². The van der Waals surface area contributed by atoms with Gasteiger partial charge in [0.2, 0.25) is 5.91 Å². The van der Waals surface area contributed by atoms with Gasteiger partial charge >= 0.3 is 0 Å². The topological polar surface area (TPSA) is 91.2 Å². The van der Waals surface area contributed by atoms with E-state index < -0.39 is 23.8 Å². The van der Waals surface area contributed by atoms with Gasteiger partial charge in [-0.3, -0.25) is 9.89 Å². The lowest BCUT2D eigenvalue weighted by molar-refractivity contribution is -0.117. The molecule has 0 spiro atoms. The molecule has 5 rings (SSSR count). The lowest BCUT2D eigenvalue weighted by Gasteiger charge is -2.17. The molecule has 0 radical (unpaired) electrons. The summed E-state index contributed by atoms with van der Waals surface area (Å²) in [6.07, 6.45) is 2.22. The third kappa shape index (κ3) is 2.86. The minimum Gasteiger partial charge on any atom is -0.373 e. The highest BCUT2D eigenvalue weighted by Crippen LogP contribution is 2.41. The first-order valence-electron chi connectivity index (χ1n) is 9.18. The molecule has 30 heavy (non-hydrogen) atoms. The number of imidazole rings is 1. The van der Waals surface area contributed by atoms with Crippen LogP contribution in [-0.4, -0.2) is 51.0 Å². The number of hydrogen-bond donors (Lipinski definition) is 2. The molecule has 11 heteroatoms. The van der Waals surface area contributed by atoms with E-state index in [1.807, 2.05) is 0 Å². The zero-order chi connectivity index (χ0) is 21.2. The molecule has 154 valence electrons. The minimum atomic E-state index is -1.09. The maximum absolute atomic E-state index is 15.0. The summed E-state index contributed by atoms with van der Waals surface area (Å²) < 4.78 is 29.6. The van der Waals surface area contributed by atoms with Crippen LogP contribution in [0.3, 0.4) is 0 Å². The Labute approximate surface area is 173 Å². The summed E-state index contributed by atoms with van der Waals surface area (Å²) in [5.41, 5.74) is 2.07. The number of halogens is 3. The first-order chi connectivity index (χ1) is 14.3. The number of hydrogen-bond acceptors (Lipinski definition) is 5. The van der Waals surface area contributed by atoms with Gasteiger partial charge < -0.3 is 10.2 Å². The number of benzene rings is 1. The quantitative estimate of drug-likeness (QED) is 0.516. The van der Waals surface area contributed by atoms with Gasteiger partial charge in [-0.15, -0.1) is 0 Å². The van der Waals surface area contributed by atoms with Crippen molar-refractivity contribution in [3.8, 4) is 11.3 Å². The van der Waals surface area contributed by atoms with E-state index in [1.165, 1.54) is 10.7 Å². The molecular formula is C19H16ClF2N7O. The molecule has 0 unspecified atom stereocenters. The average Bonchev–Trinajstić information content (AvgIpc) is 3.08. The van der Waals surface area contributed by atoms with Crippen molar-refractivity contribution in [2.45, 2.75) is 12.6 Å². The van der Waals surface area contributed by atoms with E-state index in [1.54, 1.807) is 37.3 Å². The van der Waals surface area contributed by atoms with E-state index in [2.05, 4.69) is 25.6 Å². The van der Waals surface area contributed by atoms with Gasteiger partial charge in [-0.2, -0.15) is 10.2 Å². The van der Waals surface area contributed by atoms with E-state index in [-0.39, 0.29) is 17.3 Å². The number of nitrogens with zero attached hydrogens (tertiary/aromatic N) is 5. The first-order valence-corrected chi connectivity index (χ1v) is 9.56. The van der Waals surface area contributed by atoms with Gasteiger partial charge in [0.1, 0.15) is 11.9 Å². The first kappa shape index (κ1) is 18.7. The van der Waals surface area contributed by atoms with Crippen molar-refractivity contribution in [1.82, 2.24) is 24.8 Å². The number of aromatic amines is 1. The monoisotopic (exact) mass is 431 g/mol. The number of alkyl halides is 1. The van der Waals surface area contributed by atoms with Crippen LogP contribution in [0.1, 0.15) is 6.42 Å². The molecule has 8 nitrogen and oxygen atoms in total. The van der Waals surface area contributed by atoms with Gasteiger partial charge in [0.15, 0.2) is 17.3 Å². The summed E-state index contributed by atoms with van der Waals surface area (Å²) in [6, 6.07) is 3.34. The molecule has 1 fully saturated rings. The summed E-state index contributed by atoms with van der Waals surface area (Å²) in [4.78, 5) is 17.8. The van der Waals surface area contributed by atoms with Crippen LogP contribution in [0.5, 0.6) is 0 Å². The second kappa shape index (κ2) is 6.63. The zero-order valence-corrected chi connectivity index (χ0v) is 16.7. The van der Waals surface area contributed by atoms with E-state index in [0.717, 1.165) is 0 Å². The van der Waals surface area contributed by atoms with Crippen molar-refractivity contribution < 1.29 is 13.6 Å². The summed E-state index contributed by atoms with van der Waals surface area (Å²) in [7, 11) is 3.43. The molecule has 1 aliphatic rings. The highest BCUT2D eigenvalue weighted by molar-refractivity contribution is 6.35. The number of carbonyl (C=O) groups is 1. The van der Waals surface area contributed by atoms with Gasteiger partial charge in [0, 0.05) is 25.0 Å². The molecular weight excluding hydrogens is 416 g/mol. The van der Waals surface area contributed by atoms with Crippen LogP contribution in [0.4, 0.5) is 20.3 Å². The summed E-state index contributed by atoms with van der Waals surface area (Å²) in [5.74, 6) is -1.35. The molecule has 0 bridgehead atoms. The third-order valence-electron chi connectivity index (χ3n) is 5.09. The van der Waals surface area contributed by atoms with Gasteiger partial charge in [-0.25, -0.2) is 18.3 Å². The van der Waals surface area contributed by atoms with Crippen LogP contribution < -0.4 is 10.2 Å². The minimum absolute atomic E-state index is 0.0733. The fraction of sp³-hybridized carbons (Fsp3) is 0.263. The highest BCUT2D eigenvalue weighted by Gasteiger charge is 2.43. The second-order valence-electron chi connectivity index (χ2n) is 7.40. The van der Waals surface area contributed by atoms with Gasteiger partial charge in [-0.1, -0.05) is 11.6 Å². The summed E-state index contributed by atoms with van der Waals surface area (Å²) in [6.45, 7) is 0. The number of amides is 1. The summed E-state index contributed by atoms with van der Waals surface area (Å²) >= 11 is 6.39. The standard InChI is InChI=1S/C19H16ClF2N7O/c1-28(2)18-16(22)15(20)14(9-6-23-26-17(9)18)11-3-4-13-24-12(7-29(13)27-11)25-19(30)8-5-10(8)21/h3-4,6-8,10H,5H2,1-2H3,(H,23,26)(H,25,30)/t8-,10+/m1/s1. The lowest BCUT2D eigenvalue weighted by Crippen LogP contribution is -2.15. The van der Waals surface area contributed by atoms with Crippen LogP contribution >= 0.6 is 11.6 Å². The molecule has 1 saturated carbocycles. The van der Waals surface area contributed by atoms with Crippen molar-refractivity contribution in [2.24, 2.45) is 5.92 Å². The molecule has 1 amide bonds. The Bertz CT molecular complexity index is 1320. The number of aromatic nitrogens is 5. The molecule has 1 aliphatic carbocycles. The van der Waals surface area contributed by atoms with Crippen molar-refractivity contribution in [3.05, 3.63) is 35.4 Å². The van der Waals surface area contributed by atoms with Crippen molar-refractivity contribution in [3.63, 3.8) is 0 Å². The molecule has 1 aromatic carbocycles. The molecule has 0 aliphatic heterocycles. The number of anilines is 2. The van der Waals surface area contributed by atoms with Gasteiger partial charge in [-0.05, 0) is 18.6 Å². The second-order valence-corrected chi connectivity index (χ2v) is 7.78. The van der Waals surface area contributed by atoms with Crippen LogP contribution in [0.15, 0.2) is 24.5 Å². The van der Waals surface area contributed by atoms with Crippen LogP contribution in [0.2, 0.25) is 5.02 Å². The molecule has 4 aromatic rings. The van der Waals surface area contributed by atoms with Crippen LogP contribution in [0.25, 0.3) is 27.8 Å².